The lowest BCUT2D eigenvalue weighted by Crippen LogP contribution is -2.37. The summed E-state index contributed by atoms with van der Waals surface area (Å²) in [6.45, 7) is 2.47. The average molecular weight is 380 g/mol. The second-order valence-electron chi connectivity index (χ2n) is 6.24. The Labute approximate surface area is 146 Å². The van der Waals surface area contributed by atoms with E-state index in [1.54, 1.807) is 0 Å². The molecule has 0 aliphatic carbocycles. The number of carbonyl (C=O) groups is 1. The van der Waals surface area contributed by atoms with E-state index in [4.69, 9.17) is 0 Å². The van der Waals surface area contributed by atoms with Crippen molar-refractivity contribution in [2.75, 3.05) is 20.1 Å². The summed E-state index contributed by atoms with van der Waals surface area (Å²) in [5.74, 6) is 0. The third-order valence-electron chi connectivity index (χ3n) is 4.16. The molecule has 9 heteroatoms. The number of piperidine rings is 1. The monoisotopic (exact) mass is 380 g/mol. The molecule has 25 heavy (non-hydrogen) atoms. The Morgan fingerprint density at radius 2 is 1.68 bits per heavy atom. The first-order valence-electron chi connectivity index (χ1n) is 7.58. The molecule has 140 valence electrons. The second-order valence-corrected chi connectivity index (χ2v) is 7.27. The Bertz CT molecular complexity index is 583. The molecule has 0 spiro atoms. The molecule has 0 saturated carbocycles. The van der Waals surface area contributed by atoms with Crippen LogP contribution in [0, 0.1) is 4.91 Å². The van der Waals surface area contributed by atoms with Crippen molar-refractivity contribution in [3.8, 4) is 0 Å². The summed E-state index contributed by atoms with van der Waals surface area (Å²) in [4.78, 5) is 22.9. The number of carbonyl (C=O) groups excluding carboxylic acids is 1. The van der Waals surface area contributed by atoms with E-state index in [1.807, 2.05) is 7.05 Å². The van der Waals surface area contributed by atoms with Gasteiger partial charge in [-0.1, -0.05) is 33.5 Å². The highest BCUT2D eigenvalue weighted by Crippen LogP contribution is 2.41. The first-order valence-corrected chi connectivity index (χ1v) is 8.16. The van der Waals surface area contributed by atoms with Crippen LogP contribution in [0.4, 0.5) is 17.6 Å². The summed E-state index contributed by atoms with van der Waals surface area (Å²) in [6, 6.07) is 4.55. The lowest BCUT2D eigenvalue weighted by atomic mass is 9.92. The van der Waals surface area contributed by atoms with Gasteiger partial charge in [-0.15, -0.1) is 4.91 Å². The van der Waals surface area contributed by atoms with Crippen molar-refractivity contribution in [1.82, 2.24) is 4.90 Å². The Balaban J connectivity index is 0.000000293. The molecule has 0 bridgehead atoms. The molecule has 1 aromatic rings. The lowest BCUT2D eigenvalue weighted by Gasteiger charge is -2.31. The van der Waals surface area contributed by atoms with Crippen LogP contribution in [0.25, 0.3) is 0 Å². The van der Waals surface area contributed by atoms with Crippen LogP contribution in [-0.2, 0) is 5.54 Å². The number of benzene rings is 1. The van der Waals surface area contributed by atoms with Gasteiger partial charge in [-0.05, 0) is 37.6 Å². The van der Waals surface area contributed by atoms with Crippen LogP contribution >= 0.6 is 9.24 Å². The van der Waals surface area contributed by atoms with Crippen molar-refractivity contribution in [3.63, 3.8) is 0 Å². The minimum atomic E-state index is -4.77. The Morgan fingerprint density at radius 3 is 2.00 bits per heavy atom. The van der Waals surface area contributed by atoms with E-state index in [0.717, 1.165) is 25.2 Å². The van der Waals surface area contributed by atoms with E-state index in [9.17, 15) is 27.3 Å². The molecule has 0 N–H and O–H groups in total. The molecule has 1 heterocycles. The van der Waals surface area contributed by atoms with Crippen LogP contribution in [0.3, 0.4) is 0 Å². The van der Waals surface area contributed by atoms with E-state index < -0.39 is 17.1 Å². The number of aldehydes is 1. The topological polar surface area (TPSA) is 49.7 Å². The van der Waals surface area contributed by atoms with Gasteiger partial charge in [0.05, 0.1) is 0 Å². The maximum atomic E-state index is 13.0. The molecule has 1 aromatic carbocycles. The highest BCUT2D eigenvalue weighted by atomic mass is 31.0. The summed E-state index contributed by atoms with van der Waals surface area (Å²) >= 11 is 0. The largest absolute Gasteiger partial charge is 0.421 e. The van der Waals surface area contributed by atoms with Crippen molar-refractivity contribution in [2.45, 2.75) is 36.9 Å². The molecule has 1 aliphatic heterocycles. The number of nitrogens with zero attached hydrogens (tertiary/aromatic N) is 2. The summed E-state index contributed by atoms with van der Waals surface area (Å²) in [7, 11) is 4.31. The molecular weight excluding hydrogens is 359 g/mol. The van der Waals surface area contributed by atoms with Gasteiger partial charge in [0.2, 0.25) is 5.54 Å². The fraction of sp³-hybridized carbons (Fsp3) is 0.562. The van der Waals surface area contributed by atoms with Crippen LogP contribution in [-0.4, -0.2) is 42.9 Å². The van der Waals surface area contributed by atoms with Crippen molar-refractivity contribution >= 4 is 15.5 Å². The highest BCUT2D eigenvalue weighted by Gasteiger charge is 2.54. The molecule has 2 rings (SSSR count). The highest BCUT2D eigenvalue weighted by molar-refractivity contribution is 7.18. The van der Waals surface area contributed by atoms with Crippen molar-refractivity contribution in [3.05, 3.63) is 40.3 Å². The van der Waals surface area contributed by atoms with Crippen molar-refractivity contribution in [2.24, 2.45) is 5.18 Å². The summed E-state index contributed by atoms with van der Waals surface area (Å²) < 4.78 is 50.8. The predicted octanol–water partition coefficient (Wildman–Crippen LogP) is 4.30. The van der Waals surface area contributed by atoms with Gasteiger partial charge < -0.3 is 4.90 Å². The molecular formula is C16H21F4N2O2P. The maximum Gasteiger partial charge on any atom is 0.421 e. The van der Waals surface area contributed by atoms with E-state index in [-0.39, 0.29) is 11.1 Å². The minimum absolute atomic E-state index is 0.235. The first-order chi connectivity index (χ1) is 11.4. The third-order valence-corrected chi connectivity index (χ3v) is 4.74. The van der Waals surface area contributed by atoms with Gasteiger partial charge >= 0.3 is 6.18 Å². The van der Waals surface area contributed by atoms with E-state index >= 15 is 0 Å². The molecule has 0 amide bonds. The number of halogens is 4. The predicted molar refractivity (Wildman–Crippen MR) is 91.3 cm³/mol. The Kier molecular flexibility index (Phi) is 7.20. The molecule has 1 saturated heterocycles. The van der Waals surface area contributed by atoms with Gasteiger partial charge in [0, 0.05) is 18.7 Å². The molecule has 2 unspecified atom stereocenters. The normalized spacial score (nSPS) is 20.0. The Hall–Kier alpha value is -1.40. The molecule has 0 aromatic heterocycles. The molecule has 1 aliphatic rings. The number of likely N-dealkylation sites (tertiary alicyclic amines) is 1. The van der Waals surface area contributed by atoms with Crippen molar-refractivity contribution in [1.29, 1.82) is 0 Å². The number of rotatable bonds is 3. The van der Waals surface area contributed by atoms with Gasteiger partial charge in [-0.3, -0.25) is 4.79 Å². The van der Waals surface area contributed by atoms with Gasteiger partial charge in [0.1, 0.15) is 11.7 Å². The van der Waals surface area contributed by atoms with E-state index in [0.29, 0.717) is 26.1 Å². The number of alkyl halides is 4. The van der Waals surface area contributed by atoms with E-state index in [1.165, 1.54) is 12.1 Å². The smallest absolute Gasteiger partial charge is 0.306 e. The third kappa shape index (κ3) is 5.82. The zero-order valence-corrected chi connectivity index (χ0v) is 15.2. The summed E-state index contributed by atoms with van der Waals surface area (Å²) in [5, 5.41) is 1.19. The van der Waals surface area contributed by atoms with Crippen molar-refractivity contribution < 1.29 is 22.4 Å². The number of nitroso groups, excluding NO2 is 1. The van der Waals surface area contributed by atoms with Crippen LogP contribution < -0.4 is 0 Å². The fourth-order valence-electron chi connectivity index (χ4n) is 2.14. The standard InChI is InChI=1S/C10H8F3NO2.C6H13FNP/c1-9(14-16,10(11,12)13)8-4-2-7(6-15)3-5-8;1-8-4-2-6(7,9)3-5-8/h2-6H,1H3;2-5,9H2,1H3. The zero-order valence-electron chi connectivity index (χ0n) is 14.0. The number of hydrogen-bond donors (Lipinski definition) is 0. The summed E-state index contributed by atoms with van der Waals surface area (Å²) in [6.07, 6.45) is -2.94. The zero-order chi connectivity index (χ0) is 19.3. The van der Waals surface area contributed by atoms with E-state index in [2.05, 4.69) is 19.3 Å². The van der Waals surface area contributed by atoms with Crippen LogP contribution in [0.5, 0.6) is 0 Å². The molecule has 1 fully saturated rings. The quantitative estimate of drug-likeness (QED) is 0.340. The second kappa shape index (κ2) is 8.32. The lowest BCUT2D eigenvalue weighted by molar-refractivity contribution is -0.183. The SMILES string of the molecule is CC(N=O)(c1ccc(C=O)cc1)C(F)(F)F.CN1CCC(F)(P)CC1. The Morgan fingerprint density at radius 1 is 1.20 bits per heavy atom. The van der Waals surface area contributed by atoms with Crippen LogP contribution in [0.2, 0.25) is 0 Å². The van der Waals surface area contributed by atoms with Gasteiger partial charge in [-0.25, -0.2) is 4.39 Å². The van der Waals surface area contributed by atoms with Gasteiger partial charge in [-0.2, -0.15) is 13.2 Å². The fourth-order valence-corrected chi connectivity index (χ4v) is 2.40. The molecule has 2 atom stereocenters. The minimum Gasteiger partial charge on any atom is -0.306 e. The van der Waals surface area contributed by atoms with Crippen LogP contribution in [0.15, 0.2) is 29.4 Å². The number of hydrogen-bond acceptors (Lipinski definition) is 4. The average Bonchev–Trinajstić information content (AvgIpc) is 2.56. The van der Waals surface area contributed by atoms with Gasteiger partial charge in [0.15, 0.2) is 0 Å². The molecule has 4 nitrogen and oxygen atoms in total. The van der Waals surface area contributed by atoms with Gasteiger partial charge in [0.25, 0.3) is 0 Å². The maximum absolute atomic E-state index is 13.0. The molecule has 0 radical (unpaired) electrons. The van der Waals surface area contributed by atoms with Crippen LogP contribution in [0.1, 0.15) is 35.7 Å². The summed E-state index contributed by atoms with van der Waals surface area (Å²) in [5.41, 5.74) is -2.84. The first kappa shape index (κ1) is 21.6.